The van der Waals surface area contributed by atoms with E-state index in [1.165, 1.54) is 0 Å². The Labute approximate surface area is 100 Å². The highest BCUT2D eigenvalue weighted by molar-refractivity contribution is 4.97. The standard InChI is InChI=1S/C13H21F3O/c1-12(17,13(14,15)16)11-8-4-6-9-5-2-3-7-10(9)11/h9-11,17H,2-8H2,1H3. The molecule has 1 N–H and O–H groups in total. The summed E-state index contributed by atoms with van der Waals surface area (Å²) in [5, 5.41) is 9.89. The summed E-state index contributed by atoms with van der Waals surface area (Å²) < 4.78 is 38.8. The van der Waals surface area contributed by atoms with Crippen LogP contribution in [0.25, 0.3) is 0 Å². The van der Waals surface area contributed by atoms with Crippen LogP contribution in [0, 0.1) is 17.8 Å². The van der Waals surface area contributed by atoms with E-state index in [1.807, 2.05) is 0 Å². The Bertz CT molecular complexity index is 270. The lowest BCUT2D eigenvalue weighted by molar-refractivity contribution is -0.284. The van der Waals surface area contributed by atoms with E-state index < -0.39 is 17.7 Å². The molecule has 1 nitrogen and oxygen atoms in total. The van der Waals surface area contributed by atoms with Crippen molar-refractivity contribution < 1.29 is 18.3 Å². The molecule has 0 aromatic heterocycles. The highest BCUT2D eigenvalue weighted by atomic mass is 19.4. The van der Waals surface area contributed by atoms with Gasteiger partial charge in [0.1, 0.15) is 0 Å². The minimum absolute atomic E-state index is 0.0779. The molecule has 100 valence electrons. The molecule has 0 radical (unpaired) electrons. The molecule has 2 fully saturated rings. The third kappa shape index (κ3) is 2.33. The van der Waals surface area contributed by atoms with Crippen LogP contribution in [0.15, 0.2) is 0 Å². The predicted octanol–water partition coefficient (Wildman–Crippen LogP) is 3.91. The van der Waals surface area contributed by atoms with Crippen LogP contribution in [0.3, 0.4) is 0 Å². The fourth-order valence-corrected chi connectivity index (χ4v) is 3.85. The Hall–Kier alpha value is -0.250. The molecule has 0 amide bonds. The number of aliphatic hydroxyl groups is 1. The second kappa shape index (κ2) is 4.45. The Morgan fingerprint density at radius 3 is 2.18 bits per heavy atom. The topological polar surface area (TPSA) is 20.2 Å². The van der Waals surface area contributed by atoms with Crippen molar-refractivity contribution in [1.82, 2.24) is 0 Å². The highest BCUT2D eigenvalue weighted by Gasteiger charge is 2.58. The van der Waals surface area contributed by atoms with Crippen molar-refractivity contribution in [2.24, 2.45) is 17.8 Å². The molecule has 2 aliphatic rings. The summed E-state index contributed by atoms with van der Waals surface area (Å²) in [6, 6.07) is 0. The van der Waals surface area contributed by atoms with Crippen LogP contribution in [0.1, 0.15) is 51.9 Å². The third-order valence-corrected chi connectivity index (χ3v) is 4.87. The molecule has 4 unspecified atom stereocenters. The normalized spacial score (nSPS) is 38.3. The molecule has 4 heteroatoms. The first-order valence-corrected chi connectivity index (χ1v) is 6.63. The maximum Gasteiger partial charge on any atom is 0.417 e. The molecule has 0 aliphatic heterocycles. The first kappa shape index (κ1) is 13.2. The minimum atomic E-state index is -4.50. The monoisotopic (exact) mass is 250 g/mol. The lowest BCUT2D eigenvalue weighted by atomic mass is 9.61. The number of hydrogen-bond acceptors (Lipinski definition) is 1. The summed E-state index contributed by atoms with van der Waals surface area (Å²) in [6.07, 6.45) is 1.97. The lowest BCUT2D eigenvalue weighted by Crippen LogP contribution is -2.53. The largest absolute Gasteiger partial charge is 0.417 e. The number of rotatable bonds is 1. The predicted molar refractivity (Wildman–Crippen MR) is 59.5 cm³/mol. The van der Waals surface area contributed by atoms with Crippen LogP contribution in [-0.4, -0.2) is 16.9 Å². The van der Waals surface area contributed by atoms with Gasteiger partial charge >= 0.3 is 6.18 Å². The molecule has 0 aromatic carbocycles. The second-order valence-corrected chi connectivity index (χ2v) is 5.89. The van der Waals surface area contributed by atoms with Crippen LogP contribution >= 0.6 is 0 Å². The zero-order valence-corrected chi connectivity index (χ0v) is 10.3. The highest BCUT2D eigenvalue weighted by Crippen LogP contribution is 2.51. The fraction of sp³-hybridized carbons (Fsp3) is 1.00. The zero-order chi connectivity index (χ0) is 12.7. The van der Waals surface area contributed by atoms with Gasteiger partial charge in [0.2, 0.25) is 0 Å². The average Bonchev–Trinajstić information content (AvgIpc) is 2.26. The molecule has 17 heavy (non-hydrogen) atoms. The summed E-state index contributed by atoms with van der Waals surface area (Å²) >= 11 is 0. The van der Waals surface area contributed by atoms with Crippen LogP contribution in [0.2, 0.25) is 0 Å². The van der Waals surface area contributed by atoms with E-state index in [0.717, 1.165) is 45.4 Å². The van der Waals surface area contributed by atoms with Gasteiger partial charge in [0, 0.05) is 0 Å². The van der Waals surface area contributed by atoms with Gasteiger partial charge in [0.15, 0.2) is 5.60 Å². The molecule has 0 aromatic rings. The van der Waals surface area contributed by atoms with Gasteiger partial charge in [0.25, 0.3) is 0 Å². The van der Waals surface area contributed by atoms with E-state index in [4.69, 9.17) is 0 Å². The summed E-state index contributed by atoms with van der Waals surface area (Å²) in [7, 11) is 0. The van der Waals surface area contributed by atoms with Gasteiger partial charge in [0.05, 0.1) is 0 Å². The number of halogens is 3. The lowest BCUT2D eigenvalue weighted by Gasteiger charge is -2.47. The first-order valence-electron chi connectivity index (χ1n) is 6.63. The van der Waals surface area contributed by atoms with Gasteiger partial charge in [-0.2, -0.15) is 13.2 Å². The SMILES string of the molecule is CC(O)(C1CCCC2CCCCC21)C(F)(F)F. The summed E-state index contributed by atoms with van der Waals surface area (Å²) in [5.41, 5.74) is -2.51. The second-order valence-electron chi connectivity index (χ2n) is 5.89. The Morgan fingerprint density at radius 1 is 0.941 bits per heavy atom. The molecule has 2 saturated carbocycles. The molecular formula is C13H21F3O. The maximum atomic E-state index is 12.9. The smallest absolute Gasteiger partial charge is 0.380 e. The van der Waals surface area contributed by atoms with Crippen molar-refractivity contribution in [3.8, 4) is 0 Å². The van der Waals surface area contributed by atoms with Crippen LogP contribution < -0.4 is 0 Å². The number of alkyl halides is 3. The molecule has 2 rings (SSSR count). The van der Waals surface area contributed by atoms with Crippen molar-refractivity contribution in [1.29, 1.82) is 0 Å². The van der Waals surface area contributed by atoms with Crippen molar-refractivity contribution >= 4 is 0 Å². The average molecular weight is 250 g/mol. The molecule has 4 atom stereocenters. The van der Waals surface area contributed by atoms with E-state index in [2.05, 4.69) is 0 Å². The van der Waals surface area contributed by atoms with Crippen LogP contribution in [-0.2, 0) is 0 Å². The Morgan fingerprint density at radius 2 is 1.53 bits per heavy atom. The van der Waals surface area contributed by atoms with Crippen LogP contribution in [0.4, 0.5) is 13.2 Å². The Balaban J connectivity index is 2.18. The third-order valence-electron chi connectivity index (χ3n) is 4.87. The molecule has 0 spiro atoms. The number of hydrogen-bond donors (Lipinski definition) is 1. The molecule has 0 bridgehead atoms. The van der Waals surface area contributed by atoms with Crippen molar-refractivity contribution in [2.45, 2.75) is 63.6 Å². The van der Waals surface area contributed by atoms with Gasteiger partial charge in [-0.1, -0.05) is 32.1 Å². The van der Waals surface area contributed by atoms with Crippen molar-refractivity contribution in [3.63, 3.8) is 0 Å². The first-order chi connectivity index (χ1) is 7.84. The molecule has 2 aliphatic carbocycles. The minimum Gasteiger partial charge on any atom is -0.380 e. The van der Waals surface area contributed by atoms with E-state index in [1.54, 1.807) is 0 Å². The summed E-state index contributed by atoms with van der Waals surface area (Å²) in [5.74, 6) is -0.105. The summed E-state index contributed by atoms with van der Waals surface area (Å²) in [4.78, 5) is 0. The van der Waals surface area contributed by atoms with Gasteiger partial charge in [-0.15, -0.1) is 0 Å². The van der Waals surface area contributed by atoms with Gasteiger partial charge in [-0.3, -0.25) is 0 Å². The van der Waals surface area contributed by atoms with E-state index >= 15 is 0 Å². The van der Waals surface area contributed by atoms with Gasteiger partial charge in [-0.25, -0.2) is 0 Å². The van der Waals surface area contributed by atoms with Crippen molar-refractivity contribution in [3.05, 3.63) is 0 Å². The quantitative estimate of drug-likeness (QED) is 0.748. The molecule has 0 heterocycles. The zero-order valence-electron chi connectivity index (χ0n) is 10.3. The Kier molecular flexibility index (Phi) is 3.45. The van der Waals surface area contributed by atoms with Crippen molar-refractivity contribution in [2.75, 3.05) is 0 Å². The van der Waals surface area contributed by atoms with Gasteiger partial charge in [-0.05, 0) is 37.5 Å². The maximum absolute atomic E-state index is 12.9. The summed E-state index contributed by atoms with van der Waals surface area (Å²) in [6.45, 7) is 0.967. The number of fused-ring (bicyclic) bond motifs is 1. The fourth-order valence-electron chi connectivity index (χ4n) is 3.85. The molecular weight excluding hydrogens is 229 g/mol. The van der Waals surface area contributed by atoms with Crippen LogP contribution in [0.5, 0.6) is 0 Å². The van der Waals surface area contributed by atoms with E-state index in [9.17, 15) is 18.3 Å². The van der Waals surface area contributed by atoms with Gasteiger partial charge < -0.3 is 5.11 Å². The van der Waals surface area contributed by atoms with E-state index in [-0.39, 0.29) is 5.92 Å². The van der Waals surface area contributed by atoms with E-state index in [0.29, 0.717) is 12.3 Å². The molecule has 0 saturated heterocycles.